The summed E-state index contributed by atoms with van der Waals surface area (Å²) >= 11 is 0. The molecule has 84 valence electrons. The number of halogens is 4. The number of rotatable bonds is 2. The standard InChI is InChI=1S/C8H8F3N3.ClH/c9-5-1-4(3-14-8(12)13)7(11)6(10)2-5;/h1-2H,3H2,(H4,12,13,14);1H. The molecule has 0 saturated heterocycles. The third kappa shape index (κ3) is 3.67. The monoisotopic (exact) mass is 239 g/mol. The molecule has 0 heterocycles. The van der Waals surface area contributed by atoms with Gasteiger partial charge in [0.05, 0.1) is 6.54 Å². The first kappa shape index (κ1) is 13.6. The number of guanidine groups is 1. The van der Waals surface area contributed by atoms with E-state index in [1.165, 1.54) is 0 Å². The largest absolute Gasteiger partial charge is 0.370 e. The van der Waals surface area contributed by atoms with Gasteiger partial charge in [-0.25, -0.2) is 18.2 Å². The van der Waals surface area contributed by atoms with Crippen LogP contribution < -0.4 is 11.5 Å². The maximum absolute atomic E-state index is 12.9. The molecular formula is C8H9ClF3N3. The van der Waals surface area contributed by atoms with E-state index >= 15 is 0 Å². The second-order valence-corrected chi connectivity index (χ2v) is 2.60. The minimum atomic E-state index is -1.26. The second kappa shape index (κ2) is 5.45. The van der Waals surface area contributed by atoms with E-state index in [-0.39, 0.29) is 30.5 Å². The summed E-state index contributed by atoms with van der Waals surface area (Å²) < 4.78 is 38.2. The summed E-state index contributed by atoms with van der Waals surface area (Å²) in [6.45, 7) is -0.289. The van der Waals surface area contributed by atoms with E-state index in [4.69, 9.17) is 11.5 Å². The van der Waals surface area contributed by atoms with Gasteiger partial charge in [-0.3, -0.25) is 0 Å². The van der Waals surface area contributed by atoms with E-state index in [0.29, 0.717) is 6.07 Å². The highest BCUT2D eigenvalue weighted by molar-refractivity contribution is 5.85. The summed E-state index contributed by atoms with van der Waals surface area (Å²) in [4.78, 5) is 3.44. The first-order chi connectivity index (χ1) is 6.50. The molecule has 0 unspecified atom stereocenters. The molecule has 1 rings (SSSR count). The lowest BCUT2D eigenvalue weighted by molar-refractivity contribution is 0.485. The Balaban J connectivity index is 0.00000196. The van der Waals surface area contributed by atoms with Gasteiger partial charge in [0.15, 0.2) is 17.6 Å². The molecule has 0 aromatic heterocycles. The maximum atomic E-state index is 12.9. The summed E-state index contributed by atoms with van der Waals surface area (Å²) in [6, 6.07) is 1.29. The zero-order chi connectivity index (χ0) is 10.7. The molecule has 0 saturated carbocycles. The first-order valence-electron chi connectivity index (χ1n) is 3.69. The van der Waals surface area contributed by atoms with Crippen molar-refractivity contribution in [1.82, 2.24) is 0 Å². The van der Waals surface area contributed by atoms with Gasteiger partial charge in [0.2, 0.25) is 0 Å². The number of hydrogen-bond donors (Lipinski definition) is 2. The number of nitrogens with zero attached hydrogens (tertiary/aromatic N) is 1. The topological polar surface area (TPSA) is 64.4 Å². The Bertz CT molecular complexity index is 378. The fourth-order valence-corrected chi connectivity index (χ4v) is 0.901. The molecule has 0 aliphatic rings. The van der Waals surface area contributed by atoms with Gasteiger partial charge in [-0.1, -0.05) is 0 Å². The van der Waals surface area contributed by atoms with Crippen molar-refractivity contribution in [2.24, 2.45) is 16.5 Å². The highest BCUT2D eigenvalue weighted by Gasteiger charge is 2.10. The fraction of sp³-hybridized carbons (Fsp3) is 0.125. The molecule has 0 aliphatic carbocycles. The van der Waals surface area contributed by atoms with Crippen molar-refractivity contribution in [2.75, 3.05) is 0 Å². The second-order valence-electron chi connectivity index (χ2n) is 2.60. The third-order valence-electron chi connectivity index (χ3n) is 1.50. The van der Waals surface area contributed by atoms with Crippen molar-refractivity contribution >= 4 is 18.4 Å². The van der Waals surface area contributed by atoms with E-state index in [1.54, 1.807) is 0 Å². The molecule has 4 N–H and O–H groups in total. The molecule has 1 aromatic carbocycles. The van der Waals surface area contributed by atoms with Crippen LogP contribution in [0.4, 0.5) is 13.2 Å². The van der Waals surface area contributed by atoms with Crippen LogP contribution in [0.25, 0.3) is 0 Å². The SMILES string of the molecule is Cl.NC(N)=NCc1cc(F)cc(F)c1F. The molecule has 3 nitrogen and oxygen atoms in total. The quantitative estimate of drug-likeness (QED) is 0.464. The Labute approximate surface area is 90.4 Å². The van der Waals surface area contributed by atoms with Crippen LogP contribution in [0.15, 0.2) is 17.1 Å². The Morgan fingerprint density at radius 2 is 1.80 bits per heavy atom. The summed E-state index contributed by atoms with van der Waals surface area (Å²) in [5.74, 6) is -3.54. The molecular weight excluding hydrogens is 231 g/mol. The van der Waals surface area contributed by atoms with Crippen molar-refractivity contribution < 1.29 is 13.2 Å². The van der Waals surface area contributed by atoms with Crippen LogP contribution >= 0.6 is 12.4 Å². The normalized spacial score (nSPS) is 9.27. The molecule has 15 heavy (non-hydrogen) atoms. The van der Waals surface area contributed by atoms with Gasteiger partial charge in [-0.2, -0.15) is 0 Å². The Morgan fingerprint density at radius 3 is 2.33 bits per heavy atom. The minimum absolute atomic E-state index is 0. The average molecular weight is 240 g/mol. The molecule has 0 fully saturated rings. The predicted octanol–water partition coefficient (Wildman–Crippen LogP) is 1.30. The van der Waals surface area contributed by atoms with Crippen molar-refractivity contribution in [3.63, 3.8) is 0 Å². The van der Waals surface area contributed by atoms with Gasteiger partial charge in [-0.15, -0.1) is 12.4 Å². The van der Waals surface area contributed by atoms with Crippen LogP contribution in [0.3, 0.4) is 0 Å². The van der Waals surface area contributed by atoms with Crippen LogP contribution in [0.1, 0.15) is 5.56 Å². The van der Waals surface area contributed by atoms with E-state index in [9.17, 15) is 13.2 Å². The van der Waals surface area contributed by atoms with Gasteiger partial charge >= 0.3 is 0 Å². The van der Waals surface area contributed by atoms with Crippen molar-refractivity contribution in [3.8, 4) is 0 Å². The smallest absolute Gasteiger partial charge is 0.186 e. The molecule has 0 radical (unpaired) electrons. The fourth-order valence-electron chi connectivity index (χ4n) is 0.901. The van der Waals surface area contributed by atoms with Gasteiger partial charge in [0.25, 0.3) is 0 Å². The summed E-state index contributed by atoms with van der Waals surface area (Å²) in [7, 11) is 0. The lowest BCUT2D eigenvalue weighted by atomic mass is 10.2. The van der Waals surface area contributed by atoms with Crippen LogP contribution in [0, 0.1) is 17.5 Å². The molecule has 1 aromatic rings. The highest BCUT2D eigenvalue weighted by Crippen LogP contribution is 2.14. The van der Waals surface area contributed by atoms with Gasteiger partial charge in [-0.05, 0) is 6.07 Å². The van der Waals surface area contributed by atoms with Gasteiger partial charge in [0, 0.05) is 11.6 Å². The van der Waals surface area contributed by atoms with Crippen molar-refractivity contribution in [2.45, 2.75) is 6.54 Å². The van der Waals surface area contributed by atoms with Crippen LogP contribution in [0.5, 0.6) is 0 Å². The summed E-state index contributed by atoms with van der Waals surface area (Å²) in [5.41, 5.74) is 9.74. The lowest BCUT2D eigenvalue weighted by Gasteiger charge is -2.01. The van der Waals surface area contributed by atoms with Gasteiger partial charge < -0.3 is 11.5 Å². The molecule has 7 heteroatoms. The predicted molar refractivity (Wildman–Crippen MR) is 53.1 cm³/mol. The zero-order valence-electron chi connectivity index (χ0n) is 7.51. The average Bonchev–Trinajstić information content (AvgIpc) is 2.08. The number of hydrogen-bond acceptors (Lipinski definition) is 1. The zero-order valence-corrected chi connectivity index (χ0v) is 8.32. The Kier molecular flexibility index (Phi) is 4.93. The summed E-state index contributed by atoms with van der Waals surface area (Å²) in [6.07, 6.45) is 0. The third-order valence-corrected chi connectivity index (χ3v) is 1.50. The van der Waals surface area contributed by atoms with E-state index in [0.717, 1.165) is 6.07 Å². The van der Waals surface area contributed by atoms with E-state index < -0.39 is 17.5 Å². The van der Waals surface area contributed by atoms with E-state index in [1.807, 2.05) is 0 Å². The maximum Gasteiger partial charge on any atom is 0.186 e. The lowest BCUT2D eigenvalue weighted by Crippen LogP contribution is -2.22. The molecule has 0 aliphatic heterocycles. The van der Waals surface area contributed by atoms with Crippen LogP contribution in [0.2, 0.25) is 0 Å². The Hall–Kier alpha value is -1.43. The first-order valence-corrected chi connectivity index (χ1v) is 3.69. The molecule has 0 atom stereocenters. The number of benzene rings is 1. The highest BCUT2D eigenvalue weighted by atomic mass is 35.5. The van der Waals surface area contributed by atoms with Crippen molar-refractivity contribution in [1.29, 1.82) is 0 Å². The number of aliphatic imine (C=N–C) groups is 1. The van der Waals surface area contributed by atoms with Crippen molar-refractivity contribution in [3.05, 3.63) is 35.1 Å². The number of nitrogens with two attached hydrogens (primary N) is 2. The minimum Gasteiger partial charge on any atom is -0.370 e. The molecule has 0 amide bonds. The Morgan fingerprint density at radius 1 is 1.20 bits per heavy atom. The van der Waals surface area contributed by atoms with Crippen LogP contribution in [-0.4, -0.2) is 5.96 Å². The van der Waals surface area contributed by atoms with Gasteiger partial charge in [0.1, 0.15) is 5.82 Å². The molecule has 0 bridgehead atoms. The van der Waals surface area contributed by atoms with Crippen LogP contribution in [-0.2, 0) is 6.54 Å². The molecule has 0 spiro atoms. The summed E-state index contributed by atoms with van der Waals surface area (Å²) in [5, 5.41) is 0. The van der Waals surface area contributed by atoms with E-state index in [2.05, 4.69) is 4.99 Å².